The van der Waals surface area contributed by atoms with E-state index in [1.54, 1.807) is 17.7 Å². The van der Waals surface area contributed by atoms with Gasteiger partial charge >= 0.3 is 0 Å². The van der Waals surface area contributed by atoms with Gasteiger partial charge in [0.05, 0.1) is 16.5 Å². The Balaban J connectivity index is 0.00000241. The van der Waals surface area contributed by atoms with Crippen LogP contribution in [0, 0.1) is 13.0 Å². The summed E-state index contributed by atoms with van der Waals surface area (Å²) in [7, 11) is 0. The number of para-hydroxylation sites is 1. The van der Waals surface area contributed by atoms with Crippen molar-refractivity contribution < 1.29 is 20.1 Å². The molecule has 0 bridgehead atoms. The second-order valence-corrected chi connectivity index (χ2v) is 9.02. The first-order valence-corrected chi connectivity index (χ1v) is 11.5. The first-order valence-electron chi connectivity index (χ1n) is 10.7. The van der Waals surface area contributed by atoms with Gasteiger partial charge in [-0.05, 0) is 28.3 Å². The number of hydrogen-bond donors (Lipinski definition) is 0. The van der Waals surface area contributed by atoms with Crippen molar-refractivity contribution in [2.45, 2.75) is 6.92 Å². The van der Waals surface area contributed by atoms with E-state index in [1.165, 1.54) is 0 Å². The average Bonchev–Trinajstić information content (AvgIpc) is 3.50. The summed E-state index contributed by atoms with van der Waals surface area (Å²) < 4.78 is 3.19. The minimum atomic E-state index is 0. The van der Waals surface area contributed by atoms with Crippen molar-refractivity contribution in [1.82, 2.24) is 19.7 Å². The molecular formula is C28H19IrN4S-. The molecule has 0 spiro atoms. The fourth-order valence-electron chi connectivity index (χ4n) is 4.20. The van der Waals surface area contributed by atoms with Gasteiger partial charge in [-0.2, -0.15) is 16.4 Å². The van der Waals surface area contributed by atoms with Gasteiger partial charge in [-0.3, -0.25) is 4.98 Å². The summed E-state index contributed by atoms with van der Waals surface area (Å²) in [5.74, 6) is 0.739. The first kappa shape index (κ1) is 22.4. The van der Waals surface area contributed by atoms with Crippen molar-refractivity contribution in [1.29, 1.82) is 0 Å². The molecule has 0 unspecified atom stereocenters. The molecule has 167 valence electrons. The maximum Gasteiger partial charge on any atom is 0.115 e. The van der Waals surface area contributed by atoms with Crippen molar-refractivity contribution in [3.63, 3.8) is 0 Å². The van der Waals surface area contributed by atoms with Crippen LogP contribution in [0.5, 0.6) is 0 Å². The summed E-state index contributed by atoms with van der Waals surface area (Å²) in [4.78, 5) is 4.66. The molecule has 6 aromatic rings. The molecule has 2 aromatic heterocycles. The van der Waals surface area contributed by atoms with Crippen molar-refractivity contribution in [2.75, 3.05) is 0 Å². The summed E-state index contributed by atoms with van der Waals surface area (Å²) in [5.41, 5.74) is 7.37. The van der Waals surface area contributed by atoms with E-state index in [1.807, 2.05) is 31.2 Å². The third kappa shape index (κ3) is 4.01. The van der Waals surface area contributed by atoms with E-state index in [4.69, 9.17) is 0 Å². The molecule has 1 radical (unpaired) electrons. The van der Waals surface area contributed by atoms with Crippen LogP contribution in [0.1, 0.15) is 5.01 Å². The number of hydrogen-bond acceptors (Lipinski definition) is 4. The minimum absolute atomic E-state index is 0. The van der Waals surface area contributed by atoms with Gasteiger partial charge in [-0.25, -0.2) is 0 Å². The van der Waals surface area contributed by atoms with Crippen molar-refractivity contribution in [3.8, 4) is 39.3 Å². The Bertz CT molecular complexity index is 1510. The van der Waals surface area contributed by atoms with Crippen LogP contribution in [0.3, 0.4) is 0 Å². The van der Waals surface area contributed by atoms with Crippen LogP contribution in [0.15, 0.2) is 97.3 Å². The molecule has 0 fully saturated rings. The number of nitrogens with zero attached hydrogens (tertiary/aromatic N) is 4. The standard InChI is InChI=1S/C28H19N4S.Ir/c1-19-30-25-17-22(15-16-26(25)33-19)28-31-29-18-32(28)27-23(20-9-4-2-5-10-20)13-8-14-24(27)21-11-6-3-7-12-21;/h2-14,16-18H,1H3;/q-1;. The monoisotopic (exact) mass is 636 g/mol. The molecule has 0 saturated heterocycles. The van der Waals surface area contributed by atoms with Gasteiger partial charge in [0, 0.05) is 31.2 Å². The molecule has 4 nitrogen and oxygen atoms in total. The summed E-state index contributed by atoms with van der Waals surface area (Å²) >= 11 is 1.67. The van der Waals surface area contributed by atoms with E-state index in [2.05, 4.69) is 92.5 Å². The van der Waals surface area contributed by atoms with Crippen molar-refractivity contribution in [3.05, 3.63) is 108 Å². The van der Waals surface area contributed by atoms with E-state index < -0.39 is 0 Å². The molecule has 0 aliphatic heterocycles. The van der Waals surface area contributed by atoms with Gasteiger partial charge in [-0.15, -0.1) is 28.9 Å². The van der Waals surface area contributed by atoms with Gasteiger partial charge in [0.25, 0.3) is 0 Å². The molecule has 6 heteroatoms. The van der Waals surface area contributed by atoms with Crippen LogP contribution in [-0.2, 0) is 20.1 Å². The van der Waals surface area contributed by atoms with Crippen LogP contribution in [0.2, 0.25) is 0 Å². The Morgan fingerprint density at radius 3 is 2.12 bits per heavy atom. The minimum Gasteiger partial charge on any atom is -0.322 e. The fraction of sp³-hybridized carbons (Fsp3) is 0.0357. The predicted octanol–water partition coefficient (Wildman–Crippen LogP) is 6.98. The Morgan fingerprint density at radius 1 is 0.824 bits per heavy atom. The molecule has 0 atom stereocenters. The van der Waals surface area contributed by atoms with E-state index in [0.29, 0.717) is 0 Å². The normalized spacial score (nSPS) is 10.9. The van der Waals surface area contributed by atoms with Crippen LogP contribution in [-0.4, -0.2) is 19.7 Å². The van der Waals surface area contributed by atoms with E-state index >= 15 is 0 Å². The quantitative estimate of drug-likeness (QED) is 0.196. The molecule has 6 rings (SSSR count). The zero-order chi connectivity index (χ0) is 22.2. The van der Waals surface area contributed by atoms with Crippen LogP contribution >= 0.6 is 11.3 Å². The Hall–Kier alpha value is -3.44. The molecule has 0 aliphatic rings. The number of benzene rings is 4. The van der Waals surface area contributed by atoms with Crippen LogP contribution in [0.4, 0.5) is 0 Å². The topological polar surface area (TPSA) is 43.6 Å². The number of rotatable bonds is 4. The van der Waals surface area contributed by atoms with E-state index in [-0.39, 0.29) is 20.1 Å². The molecule has 0 saturated carbocycles. The van der Waals surface area contributed by atoms with Gasteiger partial charge in [0.15, 0.2) is 0 Å². The number of thiazole rings is 1. The van der Waals surface area contributed by atoms with Crippen LogP contribution in [0.25, 0.3) is 49.5 Å². The summed E-state index contributed by atoms with van der Waals surface area (Å²) in [6, 6.07) is 34.7. The molecular weight excluding hydrogens is 617 g/mol. The predicted molar refractivity (Wildman–Crippen MR) is 134 cm³/mol. The molecule has 34 heavy (non-hydrogen) atoms. The summed E-state index contributed by atoms with van der Waals surface area (Å²) in [6.07, 6.45) is 1.79. The molecule has 0 amide bonds. The zero-order valence-electron chi connectivity index (χ0n) is 18.3. The Kier molecular flexibility index (Phi) is 6.20. The second-order valence-electron chi connectivity index (χ2n) is 7.79. The molecule has 2 heterocycles. The van der Waals surface area contributed by atoms with Gasteiger partial charge in [0.2, 0.25) is 0 Å². The van der Waals surface area contributed by atoms with E-state index in [0.717, 1.165) is 54.6 Å². The van der Waals surface area contributed by atoms with Gasteiger partial charge in [0.1, 0.15) is 6.33 Å². The van der Waals surface area contributed by atoms with Gasteiger partial charge < -0.3 is 4.57 Å². The first-order chi connectivity index (χ1) is 16.3. The van der Waals surface area contributed by atoms with Crippen molar-refractivity contribution in [2.24, 2.45) is 0 Å². The number of fused-ring (bicyclic) bond motifs is 1. The average molecular weight is 636 g/mol. The van der Waals surface area contributed by atoms with Crippen LogP contribution < -0.4 is 0 Å². The Morgan fingerprint density at radius 2 is 1.47 bits per heavy atom. The molecule has 0 aliphatic carbocycles. The van der Waals surface area contributed by atoms with Crippen molar-refractivity contribution >= 4 is 21.6 Å². The maximum absolute atomic E-state index is 4.66. The largest absolute Gasteiger partial charge is 0.322 e. The summed E-state index contributed by atoms with van der Waals surface area (Å²) in [6.45, 7) is 2.02. The second kappa shape index (κ2) is 9.43. The number of aromatic nitrogens is 4. The summed E-state index contributed by atoms with van der Waals surface area (Å²) in [5, 5.41) is 9.85. The third-order valence-electron chi connectivity index (χ3n) is 5.66. The fourth-order valence-corrected chi connectivity index (χ4v) is 4.99. The maximum atomic E-state index is 4.66. The molecule has 0 N–H and O–H groups in total. The molecule has 4 aromatic carbocycles. The SMILES string of the molecule is Cc1nc2cc(-c3nncn3-c3c(-c4ccccc4)cccc3-c3ccccc3)[c-]cc2s1.[Ir]. The van der Waals surface area contributed by atoms with E-state index in [9.17, 15) is 0 Å². The third-order valence-corrected chi connectivity index (χ3v) is 6.60. The number of aryl methyl sites for hydroxylation is 1. The zero-order valence-corrected chi connectivity index (χ0v) is 21.5. The Labute approximate surface area is 215 Å². The van der Waals surface area contributed by atoms with Gasteiger partial charge in [-0.1, -0.05) is 78.9 Å². The smallest absolute Gasteiger partial charge is 0.115 e.